The molecule has 2 N–H and O–H groups in total. The predicted molar refractivity (Wildman–Crippen MR) is 107 cm³/mol. The third-order valence-corrected chi connectivity index (χ3v) is 4.92. The van der Waals surface area contributed by atoms with Crippen LogP contribution in [0.1, 0.15) is 16.1 Å². The van der Waals surface area contributed by atoms with Crippen LogP contribution < -0.4 is 5.73 Å². The van der Waals surface area contributed by atoms with Crippen LogP contribution in [0.3, 0.4) is 0 Å². The molecular formula is C19H20Cl2N4O2. The molecule has 0 aliphatic heterocycles. The van der Waals surface area contributed by atoms with E-state index in [2.05, 4.69) is 4.98 Å². The van der Waals surface area contributed by atoms with Gasteiger partial charge in [-0.1, -0.05) is 29.3 Å². The highest BCUT2D eigenvalue weighted by molar-refractivity contribution is 6.36. The molecule has 0 radical (unpaired) electrons. The summed E-state index contributed by atoms with van der Waals surface area (Å²) in [7, 11) is 3.33. The number of imidazole rings is 1. The molecule has 6 nitrogen and oxygen atoms in total. The maximum atomic E-state index is 12.8. The minimum Gasteiger partial charge on any atom is -0.383 e. The largest absolute Gasteiger partial charge is 0.383 e. The summed E-state index contributed by atoms with van der Waals surface area (Å²) < 4.78 is 6.80. The van der Waals surface area contributed by atoms with Gasteiger partial charge in [0.05, 0.1) is 12.8 Å². The number of benzene rings is 1. The molecule has 0 fully saturated rings. The van der Waals surface area contributed by atoms with Crippen molar-refractivity contribution >= 4 is 34.8 Å². The number of hydrogen-bond acceptors (Lipinski definition) is 4. The molecule has 142 valence electrons. The fourth-order valence-electron chi connectivity index (χ4n) is 2.87. The zero-order valence-electron chi connectivity index (χ0n) is 15.1. The fourth-order valence-corrected chi connectivity index (χ4v) is 3.38. The first kappa shape index (κ1) is 19.6. The monoisotopic (exact) mass is 406 g/mol. The number of nitrogens with zero attached hydrogens (tertiary/aromatic N) is 3. The Kier molecular flexibility index (Phi) is 6.01. The molecule has 1 aromatic carbocycles. The van der Waals surface area contributed by atoms with E-state index in [0.29, 0.717) is 41.1 Å². The minimum atomic E-state index is -0.145. The van der Waals surface area contributed by atoms with Gasteiger partial charge in [-0.3, -0.25) is 9.20 Å². The van der Waals surface area contributed by atoms with Gasteiger partial charge in [-0.05, 0) is 23.8 Å². The first-order valence-electron chi connectivity index (χ1n) is 8.36. The Morgan fingerprint density at radius 2 is 2.07 bits per heavy atom. The maximum absolute atomic E-state index is 12.8. The number of methoxy groups -OCH3 is 1. The lowest BCUT2D eigenvalue weighted by atomic mass is 10.0. The number of halogens is 2. The standard InChI is InChI=1S/C19H20Cl2N4O2/c1-24(5-6-27-2)19(26)17-10-23-18-7-12(9-22)15(11-25(17)18)14-4-3-13(20)8-16(14)21/h3-4,7-8,10-11H,5-6,9,22H2,1-2H3. The third kappa shape index (κ3) is 3.94. The summed E-state index contributed by atoms with van der Waals surface area (Å²) in [6.07, 6.45) is 3.41. The normalized spacial score (nSPS) is 11.1. The van der Waals surface area contributed by atoms with Gasteiger partial charge in [-0.15, -0.1) is 0 Å². The van der Waals surface area contributed by atoms with E-state index in [9.17, 15) is 4.79 Å². The van der Waals surface area contributed by atoms with Gasteiger partial charge in [0.1, 0.15) is 11.3 Å². The van der Waals surface area contributed by atoms with E-state index in [1.807, 2.05) is 18.3 Å². The molecule has 0 spiro atoms. The lowest BCUT2D eigenvalue weighted by Crippen LogP contribution is -2.30. The van der Waals surface area contributed by atoms with Gasteiger partial charge in [-0.25, -0.2) is 4.98 Å². The lowest BCUT2D eigenvalue weighted by molar-refractivity contribution is 0.0737. The average molecular weight is 407 g/mol. The molecule has 0 aliphatic rings. The molecule has 8 heteroatoms. The maximum Gasteiger partial charge on any atom is 0.272 e. The van der Waals surface area contributed by atoms with Gasteiger partial charge in [0, 0.05) is 54.6 Å². The van der Waals surface area contributed by atoms with Gasteiger partial charge in [-0.2, -0.15) is 0 Å². The molecule has 3 rings (SSSR count). The van der Waals surface area contributed by atoms with E-state index in [1.165, 1.54) is 0 Å². The molecular weight excluding hydrogens is 387 g/mol. The van der Waals surface area contributed by atoms with Gasteiger partial charge >= 0.3 is 0 Å². The topological polar surface area (TPSA) is 72.9 Å². The van der Waals surface area contributed by atoms with Crippen molar-refractivity contribution in [2.45, 2.75) is 6.54 Å². The summed E-state index contributed by atoms with van der Waals surface area (Å²) in [5.74, 6) is -0.145. The van der Waals surface area contributed by atoms with E-state index >= 15 is 0 Å². The second-order valence-corrected chi connectivity index (χ2v) is 6.98. The third-order valence-electron chi connectivity index (χ3n) is 4.37. The Morgan fingerprint density at radius 3 is 2.74 bits per heavy atom. The van der Waals surface area contributed by atoms with Crippen molar-refractivity contribution in [3.63, 3.8) is 0 Å². The summed E-state index contributed by atoms with van der Waals surface area (Å²) in [6.45, 7) is 1.26. The summed E-state index contributed by atoms with van der Waals surface area (Å²) >= 11 is 12.4. The number of pyridine rings is 1. The van der Waals surface area contributed by atoms with Crippen LogP contribution in [-0.4, -0.2) is 47.5 Å². The van der Waals surface area contributed by atoms with Gasteiger partial charge in [0.25, 0.3) is 5.91 Å². The first-order chi connectivity index (χ1) is 13.0. The van der Waals surface area contributed by atoms with E-state index in [-0.39, 0.29) is 5.91 Å². The Hall–Kier alpha value is -2.12. The number of fused-ring (bicyclic) bond motifs is 1. The number of carbonyl (C=O) groups is 1. The van der Waals surface area contributed by atoms with Crippen LogP contribution in [0.15, 0.2) is 36.7 Å². The van der Waals surface area contributed by atoms with Crippen molar-refractivity contribution in [2.75, 3.05) is 27.3 Å². The molecule has 3 aromatic rings. The Bertz CT molecular complexity index is 987. The first-order valence-corrected chi connectivity index (χ1v) is 9.11. The van der Waals surface area contributed by atoms with Crippen LogP contribution in [0.5, 0.6) is 0 Å². The molecule has 0 unspecified atom stereocenters. The number of likely N-dealkylation sites (N-methyl/N-ethyl adjacent to an activating group) is 1. The number of hydrogen-bond donors (Lipinski definition) is 1. The summed E-state index contributed by atoms with van der Waals surface area (Å²) in [4.78, 5) is 18.7. The highest BCUT2D eigenvalue weighted by Gasteiger charge is 2.19. The van der Waals surface area contributed by atoms with Crippen LogP contribution >= 0.6 is 23.2 Å². The van der Waals surface area contributed by atoms with Gasteiger partial charge < -0.3 is 15.4 Å². The molecule has 27 heavy (non-hydrogen) atoms. The number of amides is 1. The second-order valence-electron chi connectivity index (χ2n) is 6.13. The molecule has 0 bridgehead atoms. The summed E-state index contributed by atoms with van der Waals surface area (Å²) in [5.41, 5.74) is 9.54. The fraction of sp³-hybridized carbons (Fsp3) is 0.263. The zero-order chi connectivity index (χ0) is 19.6. The van der Waals surface area contributed by atoms with Crippen molar-refractivity contribution < 1.29 is 9.53 Å². The average Bonchev–Trinajstić information content (AvgIpc) is 3.07. The van der Waals surface area contributed by atoms with E-state index in [0.717, 1.165) is 16.7 Å². The van der Waals surface area contributed by atoms with Crippen LogP contribution in [0, 0.1) is 0 Å². The molecule has 0 saturated carbocycles. The zero-order valence-corrected chi connectivity index (χ0v) is 16.6. The van der Waals surface area contributed by atoms with Crippen molar-refractivity contribution in [2.24, 2.45) is 5.73 Å². The molecule has 2 aromatic heterocycles. The summed E-state index contributed by atoms with van der Waals surface area (Å²) in [6, 6.07) is 7.16. The number of aromatic nitrogens is 2. The number of nitrogens with two attached hydrogens (primary N) is 1. The van der Waals surface area contributed by atoms with Crippen molar-refractivity contribution in [1.82, 2.24) is 14.3 Å². The Labute approximate surface area is 167 Å². The molecule has 0 atom stereocenters. The van der Waals surface area contributed by atoms with Crippen molar-refractivity contribution in [3.8, 4) is 11.1 Å². The SMILES string of the molecule is COCCN(C)C(=O)c1cnc2cc(CN)c(-c3ccc(Cl)cc3Cl)cn12. The van der Waals surface area contributed by atoms with Crippen LogP contribution in [0.4, 0.5) is 0 Å². The molecule has 2 heterocycles. The predicted octanol–water partition coefficient (Wildman–Crippen LogP) is 3.49. The van der Waals surface area contributed by atoms with Crippen LogP contribution in [-0.2, 0) is 11.3 Å². The van der Waals surface area contributed by atoms with Crippen molar-refractivity contribution in [1.29, 1.82) is 0 Å². The summed E-state index contributed by atoms with van der Waals surface area (Å²) in [5, 5.41) is 1.07. The van der Waals surface area contributed by atoms with E-state index in [1.54, 1.807) is 41.8 Å². The molecule has 0 aliphatic carbocycles. The number of ether oxygens (including phenoxy) is 1. The highest BCUT2D eigenvalue weighted by atomic mass is 35.5. The Morgan fingerprint density at radius 1 is 1.30 bits per heavy atom. The number of carbonyl (C=O) groups excluding carboxylic acids is 1. The van der Waals surface area contributed by atoms with Gasteiger partial charge in [0.15, 0.2) is 0 Å². The van der Waals surface area contributed by atoms with Gasteiger partial charge in [0.2, 0.25) is 0 Å². The lowest BCUT2D eigenvalue weighted by Gasteiger charge is -2.17. The number of rotatable bonds is 6. The molecule has 0 saturated heterocycles. The van der Waals surface area contributed by atoms with Crippen molar-refractivity contribution in [3.05, 3.63) is 58.0 Å². The van der Waals surface area contributed by atoms with Crippen LogP contribution in [0.2, 0.25) is 10.0 Å². The molecule has 1 amide bonds. The van der Waals surface area contributed by atoms with E-state index < -0.39 is 0 Å². The Balaban J connectivity index is 2.11. The minimum absolute atomic E-state index is 0.145. The van der Waals surface area contributed by atoms with E-state index in [4.69, 9.17) is 33.7 Å². The quantitative estimate of drug-likeness (QED) is 0.679. The smallest absolute Gasteiger partial charge is 0.272 e. The second kappa shape index (κ2) is 8.27. The van der Waals surface area contributed by atoms with Crippen LogP contribution in [0.25, 0.3) is 16.8 Å². The highest BCUT2D eigenvalue weighted by Crippen LogP contribution is 2.33.